The third kappa shape index (κ3) is 2.67. The normalized spacial score (nSPS) is 19.7. The van der Waals surface area contributed by atoms with Crippen LogP contribution in [0.25, 0.3) is 11.0 Å². The number of rotatable bonds is 4. The summed E-state index contributed by atoms with van der Waals surface area (Å²) < 4.78 is 13.5. The minimum atomic E-state index is -0.354. The van der Waals surface area contributed by atoms with Gasteiger partial charge in [-0.05, 0) is 30.5 Å². The van der Waals surface area contributed by atoms with Crippen molar-refractivity contribution >= 4 is 16.9 Å². The summed E-state index contributed by atoms with van der Waals surface area (Å²) in [6.45, 7) is 0.634. The van der Waals surface area contributed by atoms with Crippen molar-refractivity contribution in [2.75, 3.05) is 6.54 Å². The molecule has 0 bridgehead atoms. The molecule has 5 rings (SSSR count). The first-order chi connectivity index (χ1) is 12.7. The Hall–Kier alpha value is -2.70. The molecule has 0 saturated heterocycles. The van der Waals surface area contributed by atoms with E-state index < -0.39 is 0 Å². The van der Waals surface area contributed by atoms with Gasteiger partial charge in [0.15, 0.2) is 0 Å². The number of nitrogens with zero attached hydrogens (tertiary/aromatic N) is 3. The van der Waals surface area contributed by atoms with E-state index in [4.69, 9.17) is 0 Å². The number of aromatic amines is 2. The Morgan fingerprint density at radius 2 is 2.23 bits per heavy atom. The van der Waals surface area contributed by atoms with Crippen molar-refractivity contribution in [2.24, 2.45) is 5.92 Å². The fourth-order valence-corrected chi connectivity index (χ4v) is 3.83. The Labute approximate surface area is 149 Å². The van der Waals surface area contributed by atoms with Crippen LogP contribution in [0.3, 0.4) is 0 Å². The van der Waals surface area contributed by atoms with Crippen LogP contribution in [0.1, 0.15) is 48.9 Å². The number of amides is 1. The number of carbonyl (C=O) groups is 1. The van der Waals surface area contributed by atoms with Crippen molar-refractivity contribution in [3.8, 4) is 0 Å². The van der Waals surface area contributed by atoms with Crippen LogP contribution in [-0.4, -0.2) is 37.3 Å². The van der Waals surface area contributed by atoms with Crippen LogP contribution in [0.2, 0.25) is 0 Å². The van der Waals surface area contributed by atoms with Gasteiger partial charge in [-0.3, -0.25) is 4.79 Å². The van der Waals surface area contributed by atoms with Crippen molar-refractivity contribution < 1.29 is 9.18 Å². The molecule has 6 nitrogen and oxygen atoms in total. The van der Waals surface area contributed by atoms with E-state index in [0.29, 0.717) is 29.8 Å². The van der Waals surface area contributed by atoms with Crippen molar-refractivity contribution in [2.45, 2.75) is 38.1 Å². The maximum absolute atomic E-state index is 13.5. The van der Waals surface area contributed by atoms with E-state index in [1.807, 2.05) is 4.90 Å². The molecule has 2 N–H and O–H groups in total. The Morgan fingerprint density at radius 3 is 3.08 bits per heavy atom. The smallest absolute Gasteiger partial charge is 0.223 e. The number of hydrogen-bond acceptors (Lipinski definition) is 3. The molecule has 1 aliphatic carbocycles. The standard InChI is InChI=1S/C19H20FN5O/c20-12-4-5-13-15(9-12)24-19(23-13)18-17-14(21-10-22-17)7-8-25(18)16(26)6-3-11-1-2-11/h4-5,9-11,18H,1-3,6-8H2,(H,21,22)(H,23,24)/t18-/m0/s1. The van der Waals surface area contributed by atoms with Crippen LogP contribution < -0.4 is 0 Å². The van der Waals surface area contributed by atoms with Crippen molar-refractivity contribution in [1.29, 1.82) is 0 Å². The van der Waals surface area contributed by atoms with Crippen LogP contribution in [0.4, 0.5) is 4.39 Å². The Morgan fingerprint density at radius 1 is 1.35 bits per heavy atom. The van der Waals surface area contributed by atoms with Crippen molar-refractivity contribution in [3.63, 3.8) is 0 Å². The number of aromatic nitrogens is 4. The number of benzene rings is 1. The minimum Gasteiger partial charge on any atom is -0.348 e. The number of hydrogen-bond donors (Lipinski definition) is 2. The van der Waals surface area contributed by atoms with Crippen LogP contribution in [-0.2, 0) is 11.2 Å². The maximum Gasteiger partial charge on any atom is 0.223 e. The number of nitrogens with one attached hydrogen (secondary N) is 2. The van der Waals surface area contributed by atoms with Gasteiger partial charge in [-0.1, -0.05) is 12.8 Å². The molecule has 0 unspecified atom stereocenters. The van der Waals surface area contributed by atoms with E-state index >= 15 is 0 Å². The zero-order valence-electron chi connectivity index (χ0n) is 14.3. The fraction of sp³-hybridized carbons (Fsp3) is 0.421. The Bertz CT molecular complexity index is 973. The first kappa shape index (κ1) is 15.5. The van der Waals surface area contributed by atoms with Gasteiger partial charge in [0.25, 0.3) is 0 Å². The van der Waals surface area contributed by atoms with Gasteiger partial charge < -0.3 is 14.9 Å². The molecule has 26 heavy (non-hydrogen) atoms. The minimum absolute atomic E-state index is 0.141. The third-order valence-corrected chi connectivity index (χ3v) is 5.43. The van der Waals surface area contributed by atoms with E-state index in [9.17, 15) is 9.18 Å². The first-order valence-electron chi connectivity index (χ1n) is 9.16. The summed E-state index contributed by atoms with van der Waals surface area (Å²) in [5, 5.41) is 0. The van der Waals surface area contributed by atoms with Crippen LogP contribution in [0.15, 0.2) is 24.5 Å². The Kier molecular flexibility index (Phi) is 3.55. The summed E-state index contributed by atoms with van der Waals surface area (Å²) in [7, 11) is 0. The molecule has 1 amide bonds. The maximum atomic E-state index is 13.5. The van der Waals surface area contributed by atoms with E-state index in [2.05, 4.69) is 19.9 Å². The second-order valence-electron chi connectivity index (χ2n) is 7.27. The SMILES string of the molecule is O=C(CCC1CC1)N1CCc2[nH]cnc2[C@H]1c1nc2ccc(F)cc2[nH]1. The summed E-state index contributed by atoms with van der Waals surface area (Å²) >= 11 is 0. The van der Waals surface area contributed by atoms with Gasteiger partial charge in [-0.15, -0.1) is 0 Å². The molecule has 1 atom stereocenters. The number of carbonyl (C=O) groups excluding carboxylic acids is 1. The third-order valence-electron chi connectivity index (χ3n) is 5.43. The molecule has 3 aromatic rings. The lowest BCUT2D eigenvalue weighted by Gasteiger charge is -2.34. The highest BCUT2D eigenvalue weighted by molar-refractivity contribution is 5.78. The van der Waals surface area contributed by atoms with Gasteiger partial charge in [0.05, 0.1) is 23.1 Å². The molecular formula is C19H20FN5O. The summed E-state index contributed by atoms with van der Waals surface area (Å²) in [4.78, 5) is 30.2. The molecule has 0 spiro atoms. The van der Waals surface area contributed by atoms with Crippen LogP contribution >= 0.6 is 0 Å². The first-order valence-corrected chi connectivity index (χ1v) is 9.16. The molecule has 134 valence electrons. The van der Waals surface area contributed by atoms with E-state index in [0.717, 1.165) is 30.1 Å². The second-order valence-corrected chi connectivity index (χ2v) is 7.27. The molecule has 1 fully saturated rings. The molecule has 1 saturated carbocycles. The Balaban J connectivity index is 1.52. The molecule has 7 heteroatoms. The largest absolute Gasteiger partial charge is 0.348 e. The summed E-state index contributed by atoms with van der Waals surface area (Å²) in [6.07, 6.45) is 6.44. The quantitative estimate of drug-likeness (QED) is 0.757. The highest BCUT2D eigenvalue weighted by atomic mass is 19.1. The zero-order valence-corrected chi connectivity index (χ0v) is 14.3. The van der Waals surface area contributed by atoms with Gasteiger partial charge in [0.1, 0.15) is 17.7 Å². The molecule has 1 aliphatic heterocycles. The molecular weight excluding hydrogens is 333 g/mol. The topological polar surface area (TPSA) is 77.7 Å². The second kappa shape index (κ2) is 5.93. The predicted molar refractivity (Wildman–Crippen MR) is 93.9 cm³/mol. The van der Waals surface area contributed by atoms with Gasteiger partial charge in [0, 0.05) is 25.1 Å². The highest BCUT2D eigenvalue weighted by Crippen LogP contribution is 2.36. The monoisotopic (exact) mass is 353 g/mol. The molecule has 3 heterocycles. The van der Waals surface area contributed by atoms with E-state index in [1.54, 1.807) is 12.4 Å². The number of H-pyrrole nitrogens is 2. The van der Waals surface area contributed by atoms with Gasteiger partial charge in [-0.2, -0.15) is 0 Å². The fourth-order valence-electron chi connectivity index (χ4n) is 3.83. The summed E-state index contributed by atoms with van der Waals surface area (Å²) in [5.41, 5.74) is 3.19. The van der Waals surface area contributed by atoms with Crippen molar-refractivity contribution in [3.05, 3.63) is 47.6 Å². The zero-order chi connectivity index (χ0) is 17.7. The van der Waals surface area contributed by atoms with Crippen LogP contribution in [0, 0.1) is 11.7 Å². The average molecular weight is 353 g/mol. The van der Waals surface area contributed by atoms with E-state index in [1.165, 1.54) is 25.0 Å². The van der Waals surface area contributed by atoms with Gasteiger partial charge in [-0.25, -0.2) is 14.4 Å². The molecule has 2 aromatic heterocycles. The number of imidazole rings is 2. The van der Waals surface area contributed by atoms with Gasteiger partial charge >= 0.3 is 0 Å². The van der Waals surface area contributed by atoms with Crippen molar-refractivity contribution in [1.82, 2.24) is 24.8 Å². The van der Waals surface area contributed by atoms with Gasteiger partial charge in [0.2, 0.25) is 5.91 Å². The molecule has 2 aliphatic rings. The molecule has 1 aromatic carbocycles. The lowest BCUT2D eigenvalue weighted by Crippen LogP contribution is -2.41. The number of halogens is 1. The van der Waals surface area contributed by atoms with Crippen LogP contribution in [0.5, 0.6) is 0 Å². The predicted octanol–water partition coefficient (Wildman–Crippen LogP) is 3.09. The lowest BCUT2D eigenvalue weighted by atomic mass is 10.0. The summed E-state index contributed by atoms with van der Waals surface area (Å²) in [5.74, 6) is 1.19. The summed E-state index contributed by atoms with van der Waals surface area (Å²) in [6, 6.07) is 4.12. The number of fused-ring (bicyclic) bond motifs is 2. The lowest BCUT2D eigenvalue weighted by molar-refractivity contribution is -0.133. The van der Waals surface area contributed by atoms with E-state index in [-0.39, 0.29) is 17.8 Å². The highest BCUT2D eigenvalue weighted by Gasteiger charge is 2.36. The molecule has 0 radical (unpaired) electrons. The average Bonchev–Trinajstić information content (AvgIpc) is 3.18.